The second-order valence-corrected chi connectivity index (χ2v) is 0.434. The van der Waals surface area contributed by atoms with Gasteiger partial charge >= 0.3 is 0 Å². The molecule has 0 aromatic rings. The van der Waals surface area contributed by atoms with Crippen molar-refractivity contribution in [1.29, 1.82) is 0 Å². The molecule has 0 aromatic heterocycles. The molecule has 0 aliphatic rings. The molecule has 0 saturated heterocycles. The zero-order chi connectivity index (χ0) is 5.70. The van der Waals surface area contributed by atoms with Gasteiger partial charge in [-0.15, -0.1) is 0 Å². The van der Waals surface area contributed by atoms with Gasteiger partial charge in [0.1, 0.15) is 0 Å². The van der Waals surface area contributed by atoms with E-state index in [0.717, 1.165) is 0 Å². The Kier molecular flexibility index (Phi) is 3.74. The molecular weight excluding hydrogens is 112 g/mol. The van der Waals surface area contributed by atoms with Gasteiger partial charge in [0.05, 0.1) is 0 Å². The van der Waals surface area contributed by atoms with Crippen LogP contribution in [-0.2, 0) is 19.9 Å². The lowest BCUT2D eigenvalue weighted by Crippen LogP contribution is -2.08. The van der Waals surface area contributed by atoms with E-state index in [9.17, 15) is 0 Å². The fourth-order valence-electron chi connectivity index (χ4n) is 0.0385. The number of rotatable bonds is 3. The molecule has 0 amide bonds. The molecule has 0 spiro atoms. The lowest BCUT2D eigenvalue weighted by Gasteiger charge is -1.85. The van der Waals surface area contributed by atoms with Gasteiger partial charge in [0, 0.05) is 5.04 Å². The summed E-state index contributed by atoms with van der Waals surface area (Å²) in [5.74, 6) is 0. The molecular formula is H3O7+. The quantitative estimate of drug-likeness (QED) is 0.267. The van der Waals surface area contributed by atoms with Crippen LogP contribution in [0.5, 0.6) is 0 Å². The molecule has 0 bridgehead atoms. The second-order valence-electron chi connectivity index (χ2n) is 0.434. The molecule has 0 aromatic carbocycles. The Balaban J connectivity index is 2.83. The summed E-state index contributed by atoms with van der Waals surface area (Å²) in [7, 11) is 0. The molecule has 0 fully saturated rings. The molecule has 0 rings (SSSR count). The Morgan fingerprint density at radius 3 is 2.00 bits per heavy atom. The van der Waals surface area contributed by atoms with Crippen molar-refractivity contribution in [2.24, 2.45) is 0 Å². The van der Waals surface area contributed by atoms with E-state index in [2.05, 4.69) is 15.1 Å². The van der Waals surface area contributed by atoms with Crippen molar-refractivity contribution in [3.63, 3.8) is 0 Å². The smallest absolute Gasteiger partial charge is 0.198 e. The van der Waals surface area contributed by atoms with Crippen molar-refractivity contribution in [3.05, 3.63) is 0 Å². The Labute approximate surface area is 37.1 Å². The van der Waals surface area contributed by atoms with Crippen LogP contribution in [0.3, 0.4) is 0 Å². The highest BCUT2D eigenvalue weighted by Crippen LogP contribution is 1.87. The van der Waals surface area contributed by atoms with Crippen molar-refractivity contribution in [2.75, 3.05) is 0 Å². The van der Waals surface area contributed by atoms with Gasteiger partial charge in [0.25, 0.3) is 0 Å². The van der Waals surface area contributed by atoms with Crippen molar-refractivity contribution < 1.29 is 35.7 Å². The van der Waals surface area contributed by atoms with Crippen molar-refractivity contribution in [1.82, 2.24) is 0 Å². The predicted octanol–water partition coefficient (Wildman–Crippen LogP) is -0.248. The van der Waals surface area contributed by atoms with E-state index in [-0.39, 0.29) is 4.82 Å². The van der Waals surface area contributed by atoms with Crippen LogP contribution in [-0.4, -0.2) is 15.8 Å². The molecule has 7 nitrogen and oxygen atoms in total. The zero-order valence-electron chi connectivity index (χ0n) is 2.97. The largest absolute Gasteiger partial charge is 0.215 e. The summed E-state index contributed by atoms with van der Waals surface area (Å²) in [6.45, 7) is 0. The van der Waals surface area contributed by atoms with Crippen molar-refractivity contribution >= 4 is 0 Å². The molecule has 7 heavy (non-hydrogen) atoms. The zero-order valence-corrected chi connectivity index (χ0v) is 2.97. The first-order valence-corrected chi connectivity index (χ1v) is 1.05. The third kappa shape index (κ3) is 3.55. The average molecular weight is 115 g/mol. The predicted molar refractivity (Wildman–Crippen MR) is 12.2 cm³/mol. The summed E-state index contributed by atoms with van der Waals surface area (Å²) >= 11 is 0. The van der Waals surface area contributed by atoms with Crippen LogP contribution in [0.2, 0.25) is 0 Å². The standard InChI is InChI=1S/H2O7/c1-4-6-7(3)5-2/h3H,(H-,1,2)/p+1. The summed E-state index contributed by atoms with van der Waals surface area (Å²) in [5, 5.41) is 30.8. The van der Waals surface area contributed by atoms with Gasteiger partial charge in [-0.05, 0) is 5.26 Å². The van der Waals surface area contributed by atoms with Gasteiger partial charge in [-0.25, -0.2) is 5.26 Å². The molecule has 0 heterocycles. The molecule has 0 unspecified atom stereocenters. The summed E-state index contributed by atoms with van der Waals surface area (Å²) in [6.07, 6.45) is 0. The van der Waals surface area contributed by atoms with Gasteiger partial charge in [0.2, 0.25) is 0 Å². The highest BCUT2D eigenvalue weighted by molar-refractivity contribution is 3.02. The third-order valence-corrected chi connectivity index (χ3v) is 0.152. The first-order chi connectivity index (χ1) is 3.31. The Morgan fingerprint density at radius 1 is 1.29 bits per heavy atom. The highest BCUT2D eigenvalue weighted by Gasteiger charge is 2.11. The second kappa shape index (κ2) is 3.89. The number of hydrogen-bond donors (Lipinski definition) is 3. The van der Waals surface area contributed by atoms with Gasteiger partial charge in [0.15, 0.2) is 14.9 Å². The fourth-order valence-corrected chi connectivity index (χ4v) is 0.0385. The van der Waals surface area contributed by atoms with Crippen LogP contribution in [0.1, 0.15) is 0 Å². The van der Waals surface area contributed by atoms with Crippen LogP contribution in [0.25, 0.3) is 0 Å². The molecule has 0 aliphatic heterocycles. The fraction of sp³-hybridized carbons (Fsp3) is 0. The van der Waals surface area contributed by atoms with E-state index in [4.69, 9.17) is 15.8 Å². The third-order valence-electron chi connectivity index (χ3n) is 0.152. The summed E-state index contributed by atoms with van der Waals surface area (Å²) < 4.78 is 0. The molecule has 44 valence electrons. The van der Waals surface area contributed by atoms with E-state index >= 15 is 0 Å². The van der Waals surface area contributed by atoms with Gasteiger partial charge in [-0.2, -0.15) is 5.26 Å². The van der Waals surface area contributed by atoms with Crippen molar-refractivity contribution in [3.8, 4) is 0 Å². The summed E-state index contributed by atoms with van der Waals surface area (Å²) in [6, 6.07) is 0. The molecule has 0 saturated carbocycles. The van der Waals surface area contributed by atoms with Crippen LogP contribution < -0.4 is 0 Å². The normalized spacial score (nSPS) is 10.3. The summed E-state index contributed by atoms with van der Waals surface area (Å²) in [5.41, 5.74) is 0. The van der Waals surface area contributed by atoms with E-state index in [1.54, 1.807) is 0 Å². The Bertz CT molecular complexity index is 31.0. The monoisotopic (exact) mass is 115 g/mol. The molecule has 7 heteroatoms. The Morgan fingerprint density at radius 2 is 1.86 bits per heavy atom. The SMILES string of the molecule is OOO[O+](O)OO. The van der Waals surface area contributed by atoms with Gasteiger partial charge in [-0.1, -0.05) is 0 Å². The maximum atomic E-state index is 7.63. The van der Waals surface area contributed by atoms with E-state index in [1.165, 1.54) is 0 Å². The van der Waals surface area contributed by atoms with E-state index in [1.807, 2.05) is 0 Å². The first kappa shape index (κ1) is 6.72. The van der Waals surface area contributed by atoms with Crippen LogP contribution in [0, 0.1) is 0 Å². The lowest BCUT2D eigenvalue weighted by molar-refractivity contribution is -0.930. The maximum Gasteiger partial charge on any atom is 0.198 e. The minimum absolute atomic E-state index is 0.0671. The highest BCUT2D eigenvalue weighted by atomic mass is 18.0. The summed E-state index contributed by atoms with van der Waals surface area (Å²) in [4.78, 5) is 0.0671. The number of hydrogen-bond acceptors (Lipinski definition) is 6. The van der Waals surface area contributed by atoms with Crippen LogP contribution >= 0.6 is 0 Å². The molecule has 3 N–H and O–H groups in total. The first-order valence-electron chi connectivity index (χ1n) is 1.05. The minimum Gasteiger partial charge on any atom is -0.215 e. The average Bonchev–Trinajstić information content (AvgIpc) is 1.68. The molecule has 0 atom stereocenters. The van der Waals surface area contributed by atoms with Gasteiger partial charge in [-0.3, -0.25) is 0 Å². The Hall–Kier alpha value is -0.280. The van der Waals surface area contributed by atoms with Crippen molar-refractivity contribution in [2.45, 2.75) is 0 Å². The molecule has 0 aliphatic carbocycles. The van der Waals surface area contributed by atoms with Gasteiger partial charge < -0.3 is 0 Å². The maximum absolute atomic E-state index is 7.63. The minimum atomic E-state index is 0.0671. The van der Waals surface area contributed by atoms with Crippen LogP contribution in [0.4, 0.5) is 0 Å². The van der Waals surface area contributed by atoms with E-state index in [0.29, 0.717) is 0 Å². The lowest BCUT2D eigenvalue weighted by atomic mass is 14.0. The van der Waals surface area contributed by atoms with E-state index < -0.39 is 0 Å². The molecule has 0 radical (unpaired) electrons. The topological polar surface area (TPSA) is 91.1 Å². The van der Waals surface area contributed by atoms with Crippen LogP contribution in [0.15, 0.2) is 0 Å².